The Morgan fingerprint density at radius 1 is 0.534 bits per heavy atom. The van der Waals surface area contributed by atoms with Crippen molar-refractivity contribution in [2.75, 3.05) is 26.4 Å². The van der Waals surface area contributed by atoms with Crippen molar-refractivity contribution in [3.63, 3.8) is 0 Å². The van der Waals surface area contributed by atoms with Crippen molar-refractivity contribution in [1.82, 2.24) is 29.9 Å². The molecule has 0 aliphatic rings. The smallest absolute Gasteiger partial charge is 0.299 e. The fraction of sp³-hybridized carbons (Fsp3) is 0.111. The van der Waals surface area contributed by atoms with Gasteiger partial charge in [-0.3, -0.25) is 29.0 Å². The van der Waals surface area contributed by atoms with E-state index < -0.39 is 30.0 Å². The summed E-state index contributed by atoms with van der Waals surface area (Å²) in [6, 6.07) is 25.2. The first-order valence-electron chi connectivity index (χ1n) is 16.9. The number of nitrogens with zero attached hydrogens (tertiary/aromatic N) is 6. The summed E-state index contributed by atoms with van der Waals surface area (Å²) >= 11 is 0. The van der Waals surface area contributed by atoms with E-state index in [9.17, 15) is 36.2 Å². The Kier molecular flexibility index (Phi) is 13.0. The number of ether oxygens (including phenoxy) is 2. The predicted molar refractivity (Wildman–Crippen MR) is 206 cm³/mol. The first kappa shape index (κ1) is 40.8. The summed E-state index contributed by atoms with van der Waals surface area (Å²) in [6.45, 7) is -0.800. The third-order valence-corrected chi connectivity index (χ3v) is 9.26. The molecule has 0 saturated carbocycles. The Labute approximate surface area is 328 Å². The molecule has 58 heavy (non-hydrogen) atoms. The second-order valence-electron chi connectivity index (χ2n) is 11.7. The van der Waals surface area contributed by atoms with Crippen molar-refractivity contribution in [1.29, 1.82) is 0 Å². The van der Waals surface area contributed by atoms with Crippen LogP contribution in [0.4, 0.5) is 22.7 Å². The number of para-hydroxylation sites is 2. The quantitative estimate of drug-likeness (QED) is 0.0579. The molecule has 0 saturated heterocycles. The molecule has 22 heteroatoms. The van der Waals surface area contributed by atoms with Crippen LogP contribution in [-0.4, -0.2) is 92.5 Å². The number of aromatic nitrogens is 6. The minimum atomic E-state index is -4.88. The Balaban J connectivity index is 1.37. The summed E-state index contributed by atoms with van der Waals surface area (Å²) in [4.78, 5) is 36.0. The molecule has 0 spiro atoms. The zero-order valence-corrected chi connectivity index (χ0v) is 31.6. The highest BCUT2D eigenvalue weighted by Gasteiger charge is 2.18. The molecule has 20 nitrogen and oxygen atoms in total. The molecule has 4 aromatic carbocycles. The van der Waals surface area contributed by atoms with Crippen LogP contribution in [0.2, 0.25) is 0 Å². The van der Waals surface area contributed by atoms with E-state index in [1.807, 2.05) is 12.1 Å². The van der Waals surface area contributed by atoms with Gasteiger partial charge in [0.2, 0.25) is 22.5 Å². The highest BCUT2D eigenvalue weighted by atomic mass is 32.2. The molecular weight excluding hydrogens is 797 g/mol. The lowest BCUT2D eigenvalue weighted by molar-refractivity contribution is 0.190. The predicted octanol–water partition coefficient (Wildman–Crippen LogP) is 2.12. The van der Waals surface area contributed by atoms with Crippen LogP contribution in [0.1, 0.15) is 11.1 Å². The van der Waals surface area contributed by atoms with Crippen molar-refractivity contribution >= 4 is 55.1 Å². The standard InChI is InChI=1S/C36H34N10O10S2/c47-17-19-55-35-43-31(37-25-7-3-1-4-8-25)41-33(45-35)39-27-15-13-23(29(21-27)57(49,50)51)11-12-24-14-16-28(22-30(24)58(52,53)54)40-34-42-32(38-26-9-5-2-6-10-26)44-36(46-34)56-20-18-48/h1-16,21-22,47-48H,17-20H2,(H,49,50,51)(H,52,53,54)(H2,37,39,41,43,45)(H2,38,40,42,44,46)/b12-11+. The molecule has 300 valence electrons. The summed E-state index contributed by atoms with van der Waals surface area (Å²) in [6.07, 6.45) is 2.45. The van der Waals surface area contributed by atoms with Crippen LogP contribution in [0.15, 0.2) is 127 Å². The molecule has 0 fully saturated rings. The van der Waals surface area contributed by atoms with Gasteiger partial charge >= 0.3 is 0 Å². The summed E-state index contributed by atoms with van der Waals surface area (Å²) < 4.78 is 81.4. The van der Waals surface area contributed by atoms with E-state index in [1.165, 1.54) is 36.4 Å². The van der Waals surface area contributed by atoms with E-state index in [0.29, 0.717) is 11.4 Å². The molecule has 0 atom stereocenters. The number of aliphatic hydroxyl groups is 2. The number of H-pyrrole nitrogens is 4. The van der Waals surface area contributed by atoms with Gasteiger partial charge in [0.15, 0.2) is 0 Å². The van der Waals surface area contributed by atoms with Crippen LogP contribution in [0.25, 0.3) is 12.2 Å². The maximum Gasteiger partial charge on any atom is 0.299 e. The summed E-state index contributed by atoms with van der Waals surface area (Å²) in [5.74, 6) is 0. The Morgan fingerprint density at radius 2 is 0.931 bits per heavy atom. The van der Waals surface area contributed by atoms with Crippen LogP contribution in [0.5, 0.6) is 12.0 Å². The van der Waals surface area contributed by atoms with Crippen LogP contribution in [0, 0.1) is 0 Å². The lowest BCUT2D eigenvalue weighted by Crippen LogP contribution is -2.28. The van der Waals surface area contributed by atoms with Crippen LogP contribution < -0.4 is 31.9 Å². The monoisotopic (exact) mass is 830 g/mol. The van der Waals surface area contributed by atoms with E-state index in [-0.39, 0.29) is 83.4 Å². The first-order chi connectivity index (χ1) is 27.9. The van der Waals surface area contributed by atoms with Gasteiger partial charge in [0, 0.05) is 0 Å². The lowest BCUT2D eigenvalue weighted by atomic mass is 10.1. The minimum Gasteiger partial charge on any atom is -0.462 e. The first-order valence-corrected chi connectivity index (χ1v) is 19.8. The summed E-state index contributed by atoms with van der Waals surface area (Å²) in [5, 5.41) is 18.4. The summed E-state index contributed by atoms with van der Waals surface area (Å²) in [5.41, 5.74) is 1.24. The topological polar surface area (TPSA) is 306 Å². The summed E-state index contributed by atoms with van der Waals surface area (Å²) in [7, 11) is -9.75. The Morgan fingerprint density at radius 3 is 1.29 bits per heavy atom. The van der Waals surface area contributed by atoms with E-state index in [2.05, 4.69) is 49.9 Å². The molecular formula is C36H34N10O10S2. The number of hydrogen-bond acceptors (Lipinski definition) is 14. The van der Waals surface area contributed by atoms with Crippen molar-refractivity contribution in [3.8, 4) is 12.0 Å². The molecule has 8 N–H and O–H groups in total. The van der Waals surface area contributed by atoms with Gasteiger partial charge in [-0.25, -0.2) is 20.0 Å². The van der Waals surface area contributed by atoms with Gasteiger partial charge in [-0.1, -0.05) is 60.7 Å². The lowest BCUT2D eigenvalue weighted by Gasteiger charge is -2.07. The maximum absolute atomic E-state index is 12.6. The zero-order chi connectivity index (χ0) is 41.1. The largest absolute Gasteiger partial charge is 0.462 e. The van der Waals surface area contributed by atoms with E-state index in [4.69, 9.17) is 9.47 Å². The van der Waals surface area contributed by atoms with Gasteiger partial charge in [0.05, 0.1) is 36.0 Å². The SMILES string of the molecule is O=S(=O)(O)c1cc(N=c2[nH]c(OCCO)nc(=Nc3ccccc3)[nH]2)ccc1/C=C/c1ccc(N=c2[nH]c(OCCO)nc(=Nc3ccccc3)[nH]2)cc1S(=O)(=O)O. The number of hydrogen-bond donors (Lipinski definition) is 8. The Bertz CT molecular complexity index is 2750. The molecule has 6 rings (SSSR count). The van der Waals surface area contributed by atoms with Crippen LogP contribution in [0.3, 0.4) is 0 Å². The second kappa shape index (κ2) is 18.4. The van der Waals surface area contributed by atoms with Crippen molar-refractivity contribution in [2.45, 2.75) is 9.79 Å². The van der Waals surface area contributed by atoms with Gasteiger partial charge < -0.3 is 19.7 Å². The average molecular weight is 831 g/mol. The molecule has 0 amide bonds. The van der Waals surface area contributed by atoms with Crippen LogP contribution in [-0.2, 0) is 20.2 Å². The fourth-order valence-corrected chi connectivity index (χ4v) is 6.42. The molecule has 6 aromatic rings. The third-order valence-electron chi connectivity index (χ3n) is 7.44. The second-order valence-corrected chi connectivity index (χ2v) is 14.4. The number of aliphatic hydroxyl groups excluding tert-OH is 2. The molecule has 2 aromatic heterocycles. The molecule has 0 aliphatic carbocycles. The maximum atomic E-state index is 12.6. The highest BCUT2D eigenvalue weighted by Crippen LogP contribution is 2.27. The number of benzene rings is 4. The average Bonchev–Trinajstić information content (AvgIpc) is 3.19. The molecule has 0 aliphatic heterocycles. The zero-order valence-electron chi connectivity index (χ0n) is 30.0. The van der Waals surface area contributed by atoms with Gasteiger partial charge in [0.1, 0.15) is 23.0 Å². The number of rotatable bonds is 14. The minimum absolute atomic E-state index is 0.0168. The normalized spacial score (nSPS) is 13.4. The van der Waals surface area contributed by atoms with Crippen molar-refractivity contribution < 1.29 is 45.6 Å². The van der Waals surface area contributed by atoms with Gasteiger partial charge in [0.25, 0.3) is 32.3 Å². The molecule has 0 bridgehead atoms. The van der Waals surface area contributed by atoms with E-state index >= 15 is 0 Å². The Hall–Kier alpha value is -6.82. The molecule has 2 heterocycles. The van der Waals surface area contributed by atoms with Gasteiger partial charge in [-0.15, -0.1) is 0 Å². The number of aromatic amines is 4. The molecule has 0 radical (unpaired) electrons. The molecule has 0 unspecified atom stereocenters. The number of nitrogens with one attached hydrogen (secondary N) is 4. The van der Waals surface area contributed by atoms with Gasteiger partial charge in [-0.05, 0) is 59.7 Å². The van der Waals surface area contributed by atoms with E-state index in [0.717, 1.165) is 12.1 Å². The highest BCUT2D eigenvalue weighted by molar-refractivity contribution is 7.86. The van der Waals surface area contributed by atoms with E-state index in [1.54, 1.807) is 48.5 Å². The van der Waals surface area contributed by atoms with Gasteiger partial charge in [-0.2, -0.15) is 26.8 Å². The van der Waals surface area contributed by atoms with Crippen molar-refractivity contribution in [2.24, 2.45) is 20.0 Å². The third kappa shape index (κ3) is 11.4. The fourth-order valence-electron chi connectivity index (χ4n) is 5.01. The van der Waals surface area contributed by atoms with Crippen LogP contribution >= 0.6 is 0 Å². The van der Waals surface area contributed by atoms with Crippen molar-refractivity contribution in [3.05, 3.63) is 131 Å².